The van der Waals surface area contributed by atoms with Gasteiger partial charge in [-0.05, 0) is 50.3 Å². The van der Waals surface area contributed by atoms with Crippen molar-refractivity contribution in [3.8, 4) is 0 Å². The molecule has 1 unspecified atom stereocenters. The number of hydrogen-bond acceptors (Lipinski definition) is 2. The van der Waals surface area contributed by atoms with Crippen molar-refractivity contribution in [1.82, 2.24) is 10.6 Å². The fourth-order valence-electron chi connectivity index (χ4n) is 3.26. The lowest BCUT2D eigenvalue weighted by Gasteiger charge is -2.25. The van der Waals surface area contributed by atoms with Gasteiger partial charge in [-0.25, -0.2) is 4.39 Å². The predicted molar refractivity (Wildman–Crippen MR) is 106 cm³/mol. The lowest BCUT2D eigenvalue weighted by atomic mass is 9.96. The summed E-state index contributed by atoms with van der Waals surface area (Å²) in [7, 11) is 1.77. The van der Waals surface area contributed by atoms with E-state index in [9.17, 15) is 4.39 Å². The second-order valence-electron chi connectivity index (χ2n) is 6.97. The smallest absolute Gasteiger partial charge is 0.191 e. The highest BCUT2D eigenvalue weighted by molar-refractivity contribution is 14.0. The topological polar surface area (TPSA) is 45.7 Å². The van der Waals surface area contributed by atoms with Crippen molar-refractivity contribution in [3.63, 3.8) is 0 Å². The molecule has 24 heavy (non-hydrogen) atoms. The molecule has 1 heterocycles. The third-order valence-electron chi connectivity index (χ3n) is 5.04. The standard InChI is InChI=1S/C18H26FN3O.HI/c1-17(7-4-10-23-17)12-21-16(20-2)22-13-18(8-9-18)14-5-3-6-15(19)11-14;/h3,5-6,11H,4,7-10,12-13H2,1-2H3,(H2,20,21,22);1H. The summed E-state index contributed by atoms with van der Waals surface area (Å²) in [6, 6.07) is 6.95. The molecule has 3 rings (SSSR count). The number of ether oxygens (including phenoxy) is 1. The Morgan fingerprint density at radius 3 is 2.58 bits per heavy atom. The van der Waals surface area contributed by atoms with E-state index in [2.05, 4.69) is 22.5 Å². The van der Waals surface area contributed by atoms with E-state index in [4.69, 9.17) is 4.74 Å². The van der Waals surface area contributed by atoms with E-state index in [1.807, 2.05) is 6.07 Å². The summed E-state index contributed by atoms with van der Waals surface area (Å²) in [4.78, 5) is 4.29. The van der Waals surface area contributed by atoms with Crippen LogP contribution in [0.1, 0.15) is 38.2 Å². The first-order chi connectivity index (χ1) is 11.1. The molecule has 0 spiro atoms. The van der Waals surface area contributed by atoms with E-state index in [0.717, 1.165) is 56.9 Å². The molecule has 1 aliphatic carbocycles. The zero-order valence-electron chi connectivity index (χ0n) is 14.4. The van der Waals surface area contributed by atoms with Crippen LogP contribution in [0.5, 0.6) is 0 Å². The van der Waals surface area contributed by atoms with Gasteiger partial charge in [-0.1, -0.05) is 12.1 Å². The fourth-order valence-corrected chi connectivity index (χ4v) is 3.26. The third-order valence-corrected chi connectivity index (χ3v) is 5.04. The largest absolute Gasteiger partial charge is 0.373 e. The minimum absolute atomic E-state index is 0. The van der Waals surface area contributed by atoms with E-state index in [0.29, 0.717) is 0 Å². The zero-order chi connectivity index (χ0) is 16.3. The van der Waals surface area contributed by atoms with Crippen molar-refractivity contribution in [2.75, 3.05) is 26.7 Å². The first kappa shape index (κ1) is 19.4. The van der Waals surface area contributed by atoms with E-state index in [1.165, 1.54) is 6.07 Å². The SMILES string of the molecule is CN=C(NCC1(C)CCCO1)NCC1(c2cccc(F)c2)CC1.I. The van der Waals surface area contributed by atoms with Crippen LogP contribution in [-0.2, 0) is 10.2 Å². The Labute approximate surface area is 160 Å². The molecule has 0 aromatic heterocycles. The number of nitrogens with zero attached hydrogens (tertiary/aromatic N) is 1. The summed E-state index contributed by atoms with van der Waals surface area (Å²) >= 11 is 0. The van der Waals surface area contributed by atoms with Gasteiger partial charge in [0, 0.05) is 32.2 Å². The molecule has 1 saturated heterocycles. The van der Waals surface area contributed by atoms with Gasteiger partial charge in [0.15, 0.2) is 5.96 Å². The summed E-state index contributed by atoms with van der Waals surface area (Å²) in [6.45, 7) is 4.50. The van der Waals surface area contributed by atoms with Crippen molar-refractivity contribution in [1.29, 1.82) is 0 Å². The van der Waals surface area contributed by atoms with E-state index >= 15 is 0 Å². The molecule has 1 atom stereocenters. The monoisotopic (exact) mass is 447 g/mol. The fraction of sp³-hybridized carbons (Fsp3) is 0.611. The highest BCUT2D eigenvalue weighted by atomic mass is 127. The molecule has 134 valence electrons. The Bertz CT molecular complexity index is 583. The van der Waals surface area contributed by atoms with Crippen molar-refractivity contribution in [3.05, 3.63) is 35.6 Å². The average Bonchev–Trinajstić information content (AvgIpc) is 3.22. The summed E-state index contributed by atoms with van der Waals surface area (Å²) < 4.78 is 19.2. The zero-order valence-corrected chi connectivity index (χ0v) is 16.7. The Morgan fingerprint density at radius 1 is 1.25 bits per heavy atom. The van der Waals surface area contributed by atoms with Gasteiger partial charge in [0.05, 0.1) is 5.60 Å². The number of guanidine groups is 1. The lowest BCUT2D eigenvalue weighted by molar-refractivity contribution is 0.0243. The average molecular weight is 447 g/mol. The van der Waals surface area contributed by atoms with Crippen LogP contribution in [0.15, 0.2) is 29.3 Å². The molecule has 2 N–H and O–H groups in total. The van der Waals surface area contributed by atoms with Crippen LogP contribution in [0.2, 0.25) is 0 Å². The van der Waals surface area contributed by atoms with Gasteiger partial charge in [-0.3, -0.25) is 4.99 Å². The molecule has 2 fully saturated rings. The Balaban J connectivity index is 0.00000208. The number of rotatable bonds is 5. The van der Waals surface area contributed by atoms with Crippen LogP contribution >= 0.6 is 24.0 Å². The molecule has 2 aliphatic rings. The Hall–Kier alpha value is -0.890. The lowest BCUT2D eigenvalue weighted by Crippen LogP contribution is -2.47. The summed E-state index contributed by atoms with van der Waals surface area (Å²) in [6.07, 6.45) is 4.36. The molecular formula is C18H27FIN3O. The summed E-state index contributed by atoms with van der Waals surface area (Å²) in [5.41, 5.74) is 1.02. The van der Waals surface area contributed by atoms with Crippen LogP contribution in [-0.4, -0.2) is 38.3 Å². The van der Waals surface area contributed by atoms with Gasteiger partial charge in [0.25, 0.3) is 0 Å². The van der Waals surface area contributed by atoms with Gasteiger partial charge >= 0.3 is 0 Å². The molecule has 1 aliphatic heterocycles. The molecule has 0 amide bonds. The maximum absolute atomic E-state index is 13.5. The van der Waals surface area contributed by atoms with Crippen LogP contribution in [0.4, 0.5) is 4.39 Å². The number of benzene rings is 1. The van der Waals surface area contributed by atoms with Crippen molar-refractivity contribution in [2.24, 2.45) is 4.99 Å². The van der Waals surface area contributed by atoms with Crippen molar-refractivity contribution in [2.45, 2.75) is 43.6 Å². The molecule has 1 aromatic carbocycles. The van der Waals surface area contributed by atoms with Crippen LogP contribution in [0, 0.1) is 5.82 Å². The molecule has 1 aromatic rings. The van der Waals surface area contributed by atoms with Gasteiger partial charge in [-0.2, -0.15) is 0 Å². The Morgan fingerprint density at radius 2 is 2.00 bits per heavy atom. The number of aliphatic imine (C=N–C) groups is 1. The first-order valence-electron chi connectivity index (χ1n) is 8.40. The van der Waals surface area contributed by atoms with Crippen LogP contribution in [0.3, 0.4) is 0 Å². The second kappa shape index (κ2) is 7.99. The second-order valence-corrected chi connectivity index (χ2v) is 6.97. The summed E-state index contributed by atoms with van der Waals surface area (Å²) in [5.74, 6) is 0.618. The van der Waals surface area contributed by atoms with Crippen molar-refractivity contribution >= 4 is 29.9 Å². The molecule has 0 bridgehead atoms. The first-order valence-corrected chi connectivity index (χ1v) is 8.40. The van der Waals surface area contributed by atoms with Gasteiger partial charge in [-0.15, -0.1) is 24.0 Å². The highest BCUT2D eigenvalue weighted by Crippen LogP contribution is 2.47. The Kier molecular flexibility index (Phi) is 6.47. The third kappa shape index (κ3) is 4.59. The van der Waals surface area contributed by atoms with Gasteiger partial charge < -0.3 is 15.4 Å². The van der Waals surface area contributed by atoms with E-state index < -0.39 is 0 Å². The van der Waals surface area contributed by atoms with Crippen LogP contribution in [0.25, 0.3) is 0 Å². The number of halogens is 2. The minimum atomic E-state index is -0.164. The number of hydrogen-bond donors (Lipinski definition) is 2. The van der Waals surface area contributed by atoms with Crippen molar-refractivity contribution < 1.29 is 9.13 Å². The van der Waals surface area contributed by atoms with E-state index in [-0.39, 0.29) is 40.8 Å². The van der Waals surface area contributed by atoms with Gasteiger partial charge in [0.2, 0.25) is 0 Å². The maximum Gasteiger partial charge on any atom is 0.191 e. The molecule has 1 saturated carbocycles. The van der Waals surface area contributed by atoms with Gasteiger partial charge in [0.1, 0.15) is 5.82 Å². The predicted octanol–water partition coefficient (Wildman–Crippen LogP) is 3.21. The quantitative estimate of drug-likeness (QED) is 0.414. The number of nitrogens with one attached hydrogen (secondary N) is 2. The van der Waals surface area contributed by atoms with Crippen LogP contribution < -0.4 is 10.6 Å². The molecule has 6 heteroatoms. The maximum atomic E-state index is 13.5. The summed E-state index contributed by atoms with van der Waals surface area (Å²) in [5, 5.41) is 6.75. The molecular weight excluding hydrogens is 420 g/mol. The van der Waals surface area contributed by atoms with E-state index in [1.54, 1.807) is 19.2 Å². The highest BCUT2D eigenvalue weighted by Gasteiger charge is 2.44. The normalized spacial score (nSPS) is 25.0. The minimum Gasteiger partial charge on any atom is -0.373 e. The molecule has 4 nitrogen and oxygen atoms in total. The molecule has 0 radical (unpaired) electrons.